The van der Waals surface area contributed by atoms with E-state index in [9.17, 15) is 13.6 Å². The number of carbonyl (C=O) groups excluding carboxylic acids is 1. The molecule has 1 aromatic heterocycles. The van der Waals surface area contributed by atoms with Crippen molar-refractivity contribution in [1.82, 2.24) is 19.6 Å². The molecule has 140 valence electrons. The maximum atomic E-state index is 12.7. The largest absolute Gasteiger partial charge is 0.336 e. The summed E-state index contributed by atoms with van der Waals surface area (Å²) in [4.78, 5) is 16.8. The summed E-state index contributed by atoms with van der Waals surface area (Å²) >= 11 is 0. The Bertz CT molecular complexity index is 719. The SMILES string of the molecule is CC1CCN(C(=O)c2ccn(CC(F)F)n2)CCN1Cc1ccccc1. The van der Waals surface area contributed by atoms with Crippen LogP contribution in [0, 0.1) is 0 Å². The van der Waals surface area contributed by atoms with Crippen molar-refractivity contribution in [3.63, 3.8) is 0 Å². The van der Waals surface area contributed by atoms with Crippen molar-refractivity contribution < 1.29 is 13.6 Å². The van der Waals surface area contributed by atoms with Gasteiger partial charge in [0.05, 0.1) is 0 Å². The Morgan fingerprint density at radius 1 is 1.19 bits per heavy atom. The number of alkyl halides is 2. The van der Waals surface area contributed by atoms with Crippen molar-refractivity contribution in [2.45, 2.75) is 38.9 Å². The number of benzene rings is 1. The van der Waals surface area contributed by atoms with Crippen LogP contribution in [0.3, 0.4) is 0 Å². The van der Waals surface area contributed by atoms with Crippen LogP contribution in [-0.2, 0) is 13.1 Å². The number of hydrogen-bond donors (Lipinski definition) is 0. The summed E-state index contributed by atoms with van der Waals surface area (Å²) in [5.74, 6) is -0.188. The Kier molecular flexibility index (Phi) is 5.98. The Hall–Kier alpha value is -2.28. The Labute approximate surface area is 152 Å². The van der Waals surface area contributed by atoms with Gasteiger partial charge in [0, 0.05) is 38.4 Å². The highest BCUT2D eigenvalue weighted by molar-refractivity contribution is 5.92. The molecule has 3 rings (SSSR count). The summed E-state index contributed by atoms with van der Waals surface area (Å²) in [6.45, 7) is 4.57. The number of hydrogen-bond acceptors (Lipinski definition) is 3. The van der Waals surface area contributed by atoms with E-state index in [4.69, 9.17) is 0 Å². The molecule has 1 aromatic carbocycles. The average molecular weight is 362 g/mol. The van der Waals surface area contributed by atoms with Gasteiger partial charge in [-0.2, -0.15) is 5.10 Å². The molecule has 1 atom stereocenters. The normalized spacial score (nSPS) is 18.9. The highest BCUT2D eigenvalue weighted by Crippen LogP contribution is 2.16. The van der Waals surface area contributed by atoms with Gasteiger partial charge in [-0.1, -0.05) is 30.3 Å². The molecule has 0 bridgehead atoms. The van der Waals surface area contributed by atoms with Crippen LogP contribution >= 0.6 is 0 Å². The first-order valence-electron chi connectivity index (χ1n) is 8.92. The molecular formula is C19H24F2N4O. The van der Waals surface area contributed by atoms with E-state index >= 15 is 0 Å². The minimum absolute atomic E-state index is 0.188. The second-order valence-electron chi connectivity index (χ2n) is 6.70. The molecule has 5 nitrogen and oxygen atoms in total. The van der Waals surface area contributed by atoms with E-state index in [0.29, 0.717) is 19.1 Å². The lowest BCUT2D eigenvalue weighted by molar-refractivity contribution is 0.0751. The summed E-state index contributed by atoms with van der Waals surface area (Å²) < 4.78 is 26.0. The van der Waals surface area contributed by atoms with Crippen LogP contribution in [0.1, 0.15) is 29.4 Å². The molecule has 1 aliphatic rings. The fourth-order valence-corrected chi connectivity index (χ4v) is 3.24. The van der Waals surface area contributed by atoms with E-state index in [2.05, 4.69) is 29.1 Å². The molecule has 2 heterocycles. The molecule has 1 aliphatic heterocycles. The quantitative estimate of drug-likeness (QED) is 0.821. The zero-order valence-electron chi connectivity index (χ0n) is 14.9. The third-order valence-electron chi connectivity index (χ3n) is 4.80. The van der Waals surface area contributed by atoms with Gasteiger partial charge in [0.15, 0.2) is 0 Å². The fraction of sp³-hybridized carbons (Fsp3) is 0.474. The first-order chi connectivity index (χ1) is 12.5. The Morgan fingerprint density at radius 3 is 2.69 bits per heavy atom. The lowest BCUT2D eigenvalue weighted by Crippen LogP contribution is -2.36. The highest BCUT2D eigenvalue weighted by Gasteiger charge is 2.25. The van der Waals surface area contributed by atoms with Crippen LogP contribution in [-0.4, -0.2) is 57.6 Å². The predicted octanol–water partition coefficient (Wildman–Crippen LogP) is 2.88. The van der Waals surface area contributed by atoms with Crippen molar-refractivity contribution >= 4 is 5.91 Å². The monoisotopic (exact) mass is 362 g/mol. The lowest BCUT2D eigenvalue weighted by atomic mass is 10.1. The van der Waals surface area contributed by atoms with E-state index in [1.807, 2.05) is 18.2 Å². The maximum absolute atomic E-state index is 12.7. The number of carbonyl (C=O) groups is 1. The molecule has 2 aromatic rings. The summed E-state index contributed by atoms with van der Waals surface area (Å²) in [6, 6.07) is 12.2. The molecule has 0 saturated carbocycles. The molecule has 1 saturated heterocycles. The summed E-state index contributed by atoms with van der Waals surface area (Å²) in [6.07, 6.45) is -0.179. The molecule has 7 heteroatoms. The zero-order valence-corrected chi connectivity index (χ0v) is 14.9. The lowest BCUT2D eigenvalue weighted by Gasteiger charge is -2.26. The topological polar surface area (TPSA) is 41.4 Å². The van der Waals surface area contributed by atoms with Crippen molar-refractivity contribution in [3.05, 3.63) is 53.9 Å². The third-order valence-corrected chi connectivity index (χ3v) is 4.80. The predicted molar refractivity (Wildman–Crippen MR) is 95.1 cm³/mol. The van der Waals surface area contributed by atoms with Gasteiger partial charge >= 0.3 is 0 Å². The van der Waals surface area contributed by atoms with Crippen molar-refractivity contribution in [3.8, 4) is 0 Å². The van der Waals surface area contributed by atoms with E-state index in [-0.39, 0.29) is 11.6 Å². The van der Waals surface area contributed by atoms with E-state index in [1.54, 1.807) is 4.90 Å². The smallest absolute Gasteiger partial charge is 0.274 e. The van der Waals surface area contributed by atoms with Crippen LogP contribution < -0.4 is 0 Å². The molecule has 0 spiro atoms. The minimum Gasteiger partial charge on any atom is -0.336 e. The molecule has 0 radical (unpaired) electrons. The van der Waals surface area contributed by atoms with Gasteiger partial charge < -0.3 is 4.90 Å². The fourth-order valence-electron chi connectivity index (χ4n) is 3.24. The molecule has 26 heavy (non-hydrogen) atoms. The number of halogens is 2. The van der Waals surface area contributed by atoms with E-state index in [0.717, 1.165) is 24.2 Å². The van der Waals surface area contributed by atoms with Gasteiger partial charge in [-0.05, 0) is 25.0 Å². The summed E-state index contributed by atoms with van der Waals surface area (Å²) in [5.41, 5.74) is 1.49. The molecule has 1 fully saturated rings. The third kappa shape index (κ3) is 4.66. The van der Waals surface area contributed by atoms with Gasteiger partial charge in [-0.3, -0.25) is 14.4 Å². The maximum Gasteiger partial charge on any atom is 0.274 e. The minimum atomic E-state index is -2.48. The highest BCUT2D eigenvalue weighted by atomic mass is 19.3. The standard InChI is InChI=1S/C19H24F2N4O/c1-15-7-9-23(11-12-24(15)13-16-5-3-2-4-6-16)19(26)17-8-10-25(22-17)14-18(20)21/h2-6,8,10,15,18H,7,9,11-14H2,1H3. The van der Waals surface area contributed by atoms with Crippen LogP contribution in [0.4, 0.5) is 8.78 Å². The summed E-state index contributed by atoms with van der Waals surface area (Å²) in [5, 5.41) is 3.99. The van der Waals surface area contributed by atoms with Crippen LogP contribution in [0.25, 0.3) is 0 Å². The number of aromatic nitrogens is 2. The molecule has 1 unspecified atom stereocenters. The van der Waals surface area contributed by atoms with Crippen LogP contribution in [0.5, 0.6) is 0 Å². The number of amides is 1. The molecule has 1 amide bonds. The van der Waals surface area contributed by atoms with Crippen LogP contribution in [0.2, 0.25) is 0 Å². The van der Waals surface area contributed by atoms with E-state index < -0.39 is 13.0 Å². The number of nitrogens with zero attached hydrogens (tertiary/aromatic N) is 4. The second kappa shape index (κ2) is 8.40. The molecule has 0 N–H and O–H groups in total. The van der Waals surface area contributed by atoms with Gasteiger partial charge in [0.2, 0.25) is 0 Å². The van der Waals surface area contributed by atoms with Gasteiger partial charge in [0.1, 0.15) is 12.2 Å². The zero-order chi connectivity index (χ0) is 18.5. The summed E-state index contributed by atoms with van der Waals surface area (Å²) in [7, 11) is 0. The van der Waals surface area contributed by atoms with E-state index in [1.165, 1.54) is 17.8 Å². The Balaban J connectivity index is 1.62. The average Bonchev–Trinajstić information content (AvgIpc) is 3.00. The number of rotatable bonds is 5. The Morgan fingerprint density at radius 2 is 1.96 bits per heavy atom. The molecule has 0 aliphatic carbocycles. The van der Waals surface area contributed by atoms with Crippen molar-refractivity contribution in [2.24, 2.45) is 0 Å². The van der Waals surface area contributed by atoms with Gasteiger partial charge in [-0.15, -0.1) is 0 Å². The van der Waals surface area contributed by atoms with Gasteiger partial charge in [0.25, 0.3) is 12.3 Å². The first-order valence-corrected chi connectivity index (χ1v) is 8.92. The van der Waals surface area contributed by atoms with Gasteiger partial charge in [-0.25, -0.2) is 8.78 Å². The van der Waals surface area contributed by atoms with Crippen molar-refractivity contribution in [2.75, 3.05) is 19.6 Å². The molecular weight excluding hydrogens is 338 g/mol. The van der Waals surface area contributed by atoms with Crippen LogP contribution in [0.15, 0.2) is 42.6 Å². The second-order valence-corrected chi connectivity index (χ2v) is 6.70. The van der Waals surface area contributed by atoms with Crippen molar-refractivity contribution in [1.29, 1.82) is 0 Å². The first kappa shape index (κ1) is 18.5.